The molecular weight excluding hydrogens is 198 g/mol. The van der Waals surface area contributed by atoms with Crippen molar-refractivity contribution in [1.82, 2.24) is 4.90 Å². The Bertz CT molecular complexity index is 323. The van der Waals surface area contributed by atoms with Crippen LogP contribution in [0.1, 0.15) is 31.2 Å². The van der Waals surface area contributed by atoms with E-state index in [4.69, 9.17) is 0 Å². The van der Waals surface area contributed by atoms with E-state index in [0.717, 1.165) is 19.4 Å². The zero-order valence-corrected chi connectivity index (χ0v) is 9.64. The molecule has 0 N–H and O–H groups in total. The highest BCUT2D eigenvalue weighted by Gasteiger charge is 2.21. The molecule has 0 spiro atoms. The standard InChI is InChI=1S/C14H19NO/c16-11-9-14-8-4-5-10-15(14)12-13-6-2-1-3-7-13/h1-3,6-7,11,14H,4-5,8-10,12H2/t14-/m0/s1. The number of piperidine rings is 1. The summed E-state index contributed by atoms with van der Waals surface area (Å²) >= 11 is 0. The topological polar surface area (TPSA) is 20.3 Å². The summed E-state index contributed by atoms with van der Waals surface area (Å²) in [6, 6.07) is 11.0. The number of hydrogen-bond donors (Lipinski definition) is 0. The molecule has 1 aliphatic heterocycles. The van der Waals surface area contributed by atoms with E-state index in [0.29, 0.717) is 12.5 Å². The number of carbonyl (C=O) groups is 1. The van der Waals surface area contributed by atoms with E-state index in [-0.39, 0.29) is 0 Å². The minimum Gasteiger partial charge on any atom is -0.303 e. The van der Waals surface area contributed by atoms with Crippen molar-refractivity contribution in [3.8, 4) is 0 Å². The predicted molar refractivity (Wildman–Crippen MR) is 65.2 cm³/mol. The van der Waals surface area contributed by atoms with Crippen molar-refractivity contribution in [2.45, 2.75) is 38.3 Å². The van der Waals surface area contributed by atoms with Gasteiger partial charge in [0, 0.05) is 19.0 Å². The lowest BCUT2D eigenvalue weighted by Crippen LogP contribution is -2.39. The van der Waals surface area contributed by atoms with Crippen LogP contribution in [0.3, 0.4) is 0 Å². The third-order valence-corrected chi connectivity index (χ3v) is 3.35. The van der Waals surface area contributed by atoms with Gasteiger partial charge in [-0.15, -0.1) is 0 Å². The van der Waals surface area contributed by atoms with Crippen LogP contribution < -0.4 is 0 Å². The Morgan fingerprint density at radius 1 is 1.25 bits per heavy atom. The van der Waals surface area contributed by atoms with Gasteiger partial charge in [0.15, 0.2) is 0 Å². The molecule has 2 heteroatoms. The van der Waals surface area contributed by atoms with Crippen LogP contribution in [-0.2, 0) is 11.3 Å². The first kappa shape index (κ1) is 11.3. The zero-order valence-electron chi connectivity index (χ0n) is 9.64. The monoisotopic (exact) mass is 217 g/mol. The van der Waals surface area contributed by atoms with Crippen molar-refractivity contribution in [3.63, 3.8) is 0 Å². The van der Waals surface area contributed by atoms with Gasteiger partial charge in [0.05, 0.1) is 0 Å². The number of rotatable bonds is 4. The number of hydrogen-bond acceptors (Lipinski definition) is 2. The largest absolute Gasteiger partial charge is 0.303 e. The van der Waals surface area contributed by atoms with Crippen molar-refractivity contribution < 1.29 is 4.79 Å². The summed E-state index contributed by atoms with van der Waals surface area (Å²) < 4.78 is 0. The van der Waals surface area contributed by atoms with Crippen LogP contribution in [0.15, 0.2) is 30.3 Å². The summed E-state index contributed by atoms with van der Waals surface area (Å²) in [5, 5.41) is 0. The quantitative estimate of drug-likeness (QED) is 0.723. The molecule has 0 aromatic heterocycles. The lowest BCUT2D eigenvalue weighted by Gasteiger charge is -2.34. The Kier molecular flexibility index (Phi) is 4.11. The van der Waals surface area contributed by atoms with Crippen molar-refractivity contribution in [3.05, 3.63) is 35.9 Å². The van der Waals surface area contributed by atoms with Gasteiger partial charge in [-0.2, -0.15) is 0 Å². The lowest BCUT2D eigenvalue weighted by atomic mass is 9.99. The molecule has 1 atom stereocenters. The van der Waals surface area contributed by atoms with Gasteiger partial charge in [0.25, 0.3) is 0 Å². The Labute approximate surface area is 97.3 Å². The fraction of sp³-hybridized carbons (Fsp3) is 0.500. The van der Waals surface area contributed by atoms with Gasteiger partial charge < -0.3 is 4.79 Å². The molecule has 1 fully saturated rings. The molecule has 0 amide bonds. The van der Waals surface area contributed by atoms with Gasteiger partial charge in [0.2, 0.25) is 0 Å². The molecule has 0 aliphatic carbocycles. The van der Waals surface area contributed by atoms with Gasteiger partial charge in [-0.3, -0.25) is 4.90 Å². The van der Waals surface area contributed by atoms with Gasteiger partial charge in [-0.25, -0.2) is 0 Å². The van der Waals surface area contributed by atoms with Gasteiger partial charge in [0.1, 0.15) is 6.29 Å². The lowest BCUT2D eigenvalue weighted by molar-refractivity contribution is -0.109. The molecule has 0 bridgehead atoms. The molecule has 1 saturated heterocycles. The fourth-order valence-corrected chi connectivity index (χ4v) is 2.46. The molecule has 1 aromatic carbocycles. The average Bonchev–Trinajstić information content (AvgIpc) is 2.33. The molecule has 1 heterocycles. The number of likely N-dealkylation sites (tertiary alicyclic amines) is 1. The summed E-state index contributed by atoms with van der Waals surface area (Å²) in [5.74, 6) is 0. The van der Waals surface area contributed by atoms with Crippen molar-refractivity contribution in [2.24, 2.45) is 0 Å². The van der Waals surface area contributed by atoms with Crippen LogP contribution in [0, 0.1) is 0 Å². The molecule has 1 aromatic rings. The van der Waals surface area contributed by atoms with E-state index in [1.54, 1.807) is 0 Å². The maximum absolute atomic E-state index is 10.6. The second kappa shape index (κ2) is 5.80. The van der Waals surface area contributed by atoms with E-state index in [9.17, 15) is 4.79 Å². The first-order valence-electron chi connectivity index (χ1n) is 6.12. The van der Waals surface area contributed by atoms with E-state index >= 15 is 0 Å². The number of benzene rings is 1. The Balaban J connectivity index is 1.98. The van der Waals surface area contributed by atoms with E-state index < -0.39 is 0 Å². The van der Waals surface area contributed by atoms with Crippen LogP contribution in [0.4, 0.5) is 0 Å². The maximum Gasteiger partial charge on any atom is 0.121 e. The zero-order chi connectivity index (χ0) is 11.2. The first-order chi connectivity index (χ1) is 7.90. The minimum absolute atomic E-state index is 0.464. The Morgan fingerprint density at radius 3 is 2.81 bits per heavy atom. The summed E-state index contributed by atoms with van der Waals surface area (Å²) in [6.07, 6.45) is 5.46. The van der Waals surface area contributed by atoms with Crippen molar-refractivity contribution in [1.29, 1.82) is 0 Å². The molecular formula is C14H19NO. The maximum atomic E-state index is 10.6. The highest BCUT2D eigenvalue weighted by molar-refractivity contribution is 5.50. The predicted octanol–water partition coefficient (Wildman–Crippen LogP) is 2.63. The highest BCUT2D eigenvalue weighted by Crippen LogP contribution is 2.21. The molecule has 2 rings (SSSR count). The summed E-state index contributed by atoms with van der Waals surface area (Å²) in [5.41, 5.74) is 1.35. The second-order valence-electron chi connectivity index (χ2n) is 4.51. The van der Waals surface area contributed by atoms with E-state index in [1.165, 1.54) is 24.8 Å². The first-order valence-corrected chi connectivity index (χ1v) is 6.12. The third-order valence-electron chi connectivity index (χ3n) is 3.35. The summed E-state index contributed by atoms with van der Waals surface area (Å²) in [4.78, 5) is 13.1. The van der Waals surface area contributed by atoms with Crippen molar-refractivity contribution in [2.75, 3.05) is 6.54 Å². The van der Waals surface area contributed by atoms with E-state index in [1.807, 2.05) is 6.07 Å². The van der Waals surface area contributed by atoms with Gasteiger partial charge in [-0.1, -0.05) is 36.8 Å². The summed E-state index contributed by atoms with van der Waals surface area (Å²) in [7, 11) is 0. The molecule has 1 aliphatic rings. The highest BCUT2D eigenvalue weighted by atomic mass is 16.1. The molecule has 2 nitrogen and oxygen atoms in total. The van der Waals surface area contributed by atoms with Crippen LogP contribution in [0.5, 0.6) is 0 Å². The van der Waals surface area contributed by atoms with E-state index in [2.05, 4.69) is 29.2 Å². The van der Waals surface area contributed by atoms with Crippen molar-refractivity contribution >= 4 is 6.29 Å². The number of aldehydes is 1. The fourth-order valence-electron chi connectivity index (χ4n) is 2.46. The molecule has 0 saturated carbocycles. The van der Waals surface area contributed by atoms with Crippen LogP contribution in [0.25, 0.3) is 0 Å². The Hall–Kier alpha value is -1.15. The smallest absolute Gasteiger partial charge is 0.121 e. The minimum atomic E-state index is 0.464. The number of carbonyl (C=O) groups excluding carboxylic acids is 1. The van der Waals surface area contributed by atoms with Crippen LogP contribution >= 0.6 is 0 Å². The number of nitrogens with zero attached hydrogens (tertiary/aromatic N) is 1. The van der Waals surface area contributed by atoms with Gasteiger partial charge in [-0.05, 0) is 24.9 Å². The third kappa shape index (κ3) is 2.92. The normalized spacial score (nSPS) is 21.9. The van der Waals surface area contributed by atoms with Gasteiger partial charge >= 0.3 is 0 Å². The molecule has 86 valence electrons. The van der Waals surface area contributed by atoms with Crippen LogP contribution in [0.2, 0.25) is 0 Å². The Morgan fingerprint density at radius 2 is 2.06 bits per heavy atom. The average molecular weight is 217 g/mol. The van der Waals surface area contributed by atoms with Crippen LogP contribution in [-0.4, -0.2) is 23.8 Å². The molecule has 0 radical (unpaired) electrons. The molecule has 0 unspecified atom stereocenters. The SMILES string of the molecule is O=CC[C@@H]1CCCCN1Cc1ccccc1. The molecule has 16 heavy (non-hydrogen) atoms. The second-order valence-corrected chi connectivity index (χ2v) is 4.51. The summed E-state index contributed by atoms with van der Waals surface area (Å²) in [6.45, 7) is 2.12.